The average molecular weight is 355 g/mol. The van der Waals surface area contributed by atoms with Gasteiger partial charge in [0.1, 0.15) is 11.6 Å². The van der Waals surface area contributed by atoms with Crippen LogP contribution in [0.15, 0.2) is 18.2 Å². The maximum atomic E-state index is 13.7. The Bertz CT molecular complexity index is 619. The number of nitrogens with zero attached hydrogens (tertiary/aromatic N) is 2. The van der Waals surface area contributed by atoms with E-state index < -0.39 is 11.6 Å². The van der Waals surface area contributed by atoms with E-state index in [1.165, 1.54) is 11.0 Å². The first-order chi connectivity index (χ1) is 11.9. The number of ether oxygens (including phenoxy) is 1. The fraction of sp³-hybridized carbons (Fsp3) is 0.529. The number of carbonyl (C=O) groups is 2. The van der Waals surface area contributed by atoms with E-state index in [0.717, 1.165) is 12.1 Å². The average Bonchev–Trinajstić information content (AvgIpc) is 2.58. The number of urea groups is 1. The normalized spacial score (nSPS) is 15.0. The summed E-state index contributed by atoms with van der Waals surface area (Å²) >= 11 is 0. The molecule has 0 bridgehead atoms. The molecule has 1 N–H and O–H groups in total. The van der Waals surface area contributed by atoms with E-state index in [1.54, 1.807) is 18.9 Å². The lowest BCUT2D eigenvalue weighted by molar-refractivity contribution is 0.0952. The van der Waals surface area contributed by atoms with Gasteiger partial charge in [-0.2, -0.15) is 0 Å². The SMILES string of the molecule is CCOC(=O)N1CCC(NC(=O)N(C)Cc2ccc(F)cc2F)CC1. The summed E-state index contributed by atoms with van der Waals surface area (Å²) in [5.41, 5.74) is 0.246. The molecule has 0 saturated carbocycles. The van der Waals surface area contributed by atoms with Crippen LogP contribution in [0, 0.1) is 11.6 Å². The van der Waals surface area contributed by atoms with Gasteiger partial charge in [-0.15, -0.1) is 0 Å². The summed E-state index contributed by atoms with van der Waals surface area (Å²) in [7, 11) is 1.55. The Labute approximate surface area is 145 Å². The number of rotatable bonds is 4. The highest BCUT2D eigenvalue weighted by Gasteiger charge is 2.25. The van der Waals surface area contributed by atoms with Crippen LogP contribution in [0.5, 0.6) is 0 Å². The van der Waals surface area contributed by atoms with Crippen LogP contribution in [0.2, 0.25) is 0 Å². The standard InChI is InChI=1S/C17H23F2N3O3/c1-3-25-17(24)22-8-6-14(7-9-22)20-16(23)21(2)11-12-4-5-13(18)10-15(12)19/h4-5,10,14H,3,6-9,11H2,1-2H3,(H,20,23). The Hall–Kier alpha value is -2.38. The Balaban J connectivity index is 1.81. The fourth-order valence-electron chi connectivity index (χ4n) is 2.68. The lowest BCUT2D eigenvalue weighted by Crippen LogP contribution is -2.49. The van der Waals surface area contributed by atoms with Crippen molar-refractivity contribution in [1.29, 1.82) is 0 Å². The van der Waals surface area contributed by atoms with Gasteiger partial charge in [-0.3, -0.25) is 0 Å². The monoisotopic (exact) mass is 355 g/mol. The van der Waals surface area contributed by atoms with Crippen LogP contribution in [-0.2, 0) is 11.3 Å². The quantitative estimate of drug-likeness (QED) is 0.903. The number of nitrogens with one attached hydrogen (secondary N) is 1. The number of halogens is 2. The molecule has 138 valence electrons. The first-order valence-electron chi connectivity index (χ1n) is 8.28. The van der Waals surface area contributed by atoms with E-state index in [4.69, 9.17) is 4.74 Å². The molecule has 0 atom stereocenters. The highest BCUT2D eigenvalue weighted by atomic mass is 19.1. The third kappa shape index (κ3) is 5.30. The highest BCUT2D eigenvalue weighted by molar-refractivity contribution is 5.74. The van der Waals surface area contributed by atoms with Gasteiger partial charge < -0.3 is 19.9 Å². The summed E-state index contributed by atoms with van der Waals surface area (Å²) in [6, 6.07) is 2.89. The van der Waals surface area contributed by atoms with Crippen molar-refractivity contribution in [2.45, 2.75) is 32.4 Å². The molecule has 8 heteroatoms. The molecule has 1 aromatic carbocycles. The Morgan fingerprint density at radius 1 is 1.32 bits per heavy atom. The van der Waals surface area contributed by atoms with Crippen molar-refractivity contribution in [2.24, 2.45) is 0 Å². The van der Waals surface area contributed by atoms with Crippen molar-refractivity contribution in [3.05, 3.63) is 35.4 Å². The third-order valence-corrected chi connectivity index (χ3v) is 4.12. The van der Waals surface area contributed by atoms with Gasteiger partial charge in [0.2, 0.25) is 0 Å². The maximum Gasteiger partial charge on any atom is 0.409 e. The lowest BCUT2D eigenvalue weighted by Gasteiger charge is -2.32. The minimum absolute atomic E-state index is 0.0413. The van der Waals surface area contributed by atoms with Crippen LogP contribution < -0.4 is 5.32 Å². The van der Waals surface area contributed by atoms with Gasteiger partial charge in [-0.1, -0.05) is 6.07 Å². The van der Waals surface area contributed by atoms with Gasteiger partial charge in [0.05, 0.1) is 6.61 Å². The molecule has 3 amide bonds. The molecule has 0 radical (unpaired) electrons. The van der Waals surface area contributed by atoms with Gasteiger partial charge in [0.25, 0.3) is 0 Å². The molecule has 6 nitrogen and oxygen atoms in total. The number of likely N-dealkylation sites (tertiary alicyclic amines) is 1. The molecule has 0 unspecified atom stereocenters. The second-order valence-electron chi connectivity index (χ2n) is 6.00. The molecule has 1 aliphatic rings. The second-order valence-corrected chi connectivity index (χ2v) is 6.00. The first kappa shape index (κ1) is 19.0. The summed E-state index contributed by atoms with van der Waals surface area (Å²) in [5.74, 6) is -1.33. The van der Waals surface area contributed by atoms with Gasteiger partial charge >= 0.3 is 12.1 Å². The summed E-state index contributed by atoms with van der Waals surface area (Å²) in [6.07, 6.45) is 0.920. The number of carbonyl (C=O) groups excluding carboxylic acids is 2. The second kappa shape index (κ2) is 8.64. The van der Waals surface area contributed by atoms with E-state index >= 15 is 0 Å². The zero-order valence-electron chi connectivity index (χ0n) is 14.4. The number of hydrogen-bond acceptors (Lipinski definition) is 3. The minimum Gasteiger partial charge on any atom is -0.450 e. The predicted molar refractivity (Wildman–Crippen MR) is 88.0 cm³/mol. The van der Waals surface area contributed by atoms with Crippen LogP contribution in [-0.4, -0.2) is 54.7 Å². The van der Waals surface area contributed by atoms with Gasteiger partial charge in [0.15, 0.2) is 0 Å². The Morgan fingerprint density at radius 2 is 2.00 bits per heavy atom. The van der Waals surface area contributed by atoms with Crippen LogP contribution in [0.3, 0.4) is 0 Å². The number of piperidine rings is 1. The highest BCUT2D eigenvalue weighted by Crippen LogP contribution is 2.14. The zero-order chi connectivity index (χ0) is 18.4. The largest absolute Gasteiger partial charge is 0.450 e. The summed E-state index contributed by atoms with van der Waals surface area (Å²) in [4.78, 5) is 26.8. The van der Waals surface area contributed by atoms with E-state index in [-0.39, 0.29) is 30.3 Å². The molecule has 25 heavy (non-hydrogen) atoms. The van der Waals surface area contributed by atoms with Crippen LogP contribution in [0.25, 0.3) is 0 Å². The van der Waals surface area contributed by atoms with Gasteiger partial charge in [-0.05, 0) is 25.8 Å². The van der Waals surface area contributed by atoms with Gasteiger partial charge in [-0.25, -0.2) is 18.4 Å². The molecule has 1 saturated heterocycles. The summed E-state index contributed by atoms with van der Waals surface area (Å²) < 4.78 is 31.5. The van der Waals surface area contributed by atoms with E-state index in [9.17, 15) is 18.4 Å². The van der Waals surface area contributed by atoms with E-state index in [1.807, 2.05) is 0 Å². The molecular formula is C17H23F2N3O3. The molecule has 0 aromatic heterocycles. The van der Waals surface area contributed by atoms with Gasteiger partial charge in [0, 0.05) is 44.4 Å². The van der Waals surface area contributed by atoms with E-state index in [2.05, 4.69) is 5.32 Å². The number of amides is 3. The fourth-order valence-corrected chi connectivity index (χ4v) is 2.68. The zero-order valence-corrected chi connectivity index (χ0v) is 14.4. The van der Waals surface area contributed by atoms with Crippen LogP contribution in [0.4, 0.5) is 18.4 Å². The molecule has 0 aliphatic carbocycles. The maximum absolute atomic E-state index is 13.7. The molecular weight excluding hydrogens is 332 g/mol. The van der Waals surface area contributed by atoms with Crippen molar-refractivity contribution in [2.75, 3.05) is 26.7 Å². The smallest absolute Gasteiger partial charge is 0.409 e. The third-order valence-electron chi connectivity index (χ3n) is 4.12. The molecule has 2 rings (SSSR count). The van der Waals surface area contributed by atoms with Crippen molar-refractivity contribution in [1.82, 2.24) is 15.1 Å². The first-order valence-corrected chi connectivity index (χ1v) is 8.28. The molecule has 1 aromatic rings. The summed E-state index contributed by atoms with van der Waals surface area (Å²) in [6.45, 7) is 3.16. The van der Waals surface area contributed by atoms with Crippen molar-refractivity contribution >= 4 is 12.1 Å². The van der Waals surface area contributed by atoms with Crippen molar-refractivity contribution in [3.63, 3.8) is 0 Å². The Kier molecular flexibility index (Phi) is 6.55. The summed E-state index contributed by atoms with van der Waals surface area (Å²) in [5, 5.41) is 2.87. The Morgan fingerprint density at radius 3 is 2.60 bits per heavy atom. The topological polar surface area (TPSA) is 61.9 Å². The molecule has 1 heterocycles. The van der Waals surface area contributed by atoms with Crippen molar-refractivity contribution in [3.8, 4) is 0 Å². The minimum atomic E-state index is -0.678. The number of hydrogen-bond donors (Lipinski definition) is 1. The predicted octanol–water partition coefficient (Wildman–Crippen LogP) is 2.73. The van der Waals surface area contributed by atoms with Crippen LogP contribution >= 0.6 is 0 Å². The van der Waals surface area contributed by atoms with E-state index in [0.29, 0.717) is 32.5 Å². The van der Waals surface area contributed by atoms with Crippen molar-refractivity contribution < 1.29 is 23.1 Å². The number of benzene rings is 1. The molecule has 0 spiro atoms. The molecule has 1 fully saturated rings. The lowest BCUT2D eigenvalue weighted by atomic mass is 10.1. The molecule has 1 aliphatic heterocycles. The van der Waals surface area contributed by atoms with Crippen LogP contribution in [0.1, 0.15) is 25.3 Å².